The van der Waals surface area contributed by atoms with Crippen LogP contribution in [0.2, 0.25) is 0 Å². The molecule has 2 bridgehead atoms. The van der Waals surface area contributed by atoms with Gasteiger partial charge in [0.15, 0.2) is 0 Å². The fraction of sp³-hybridized carbons (Fsp3) is 0.560. The van der Waals surface area contributed by atoms with Gasteiger partial charge in [-0.1, -0.05) is 12.1 Å². The molecule has 1 aromatic carbocycles. The summed E-state index contributed by atoms with van der Waals surface area (Å²) in [6, 6.07) is 13.3. The molecule has 0 saturated carbocycles. The van der Waals surface area contributed by atoms with Crippen LogP contribution in [-0.2, 0) is 6.54 Å². The number of likely N-dealkylation sites (tertiary alicyclic amines) is 2. The van der Waals surface area contributed by atoms with E-state index in [1.807, 2.05) is 14.1 Å². The minimum absolute atomic E-state index is 0.188. The Morgan fingerprint density at radius 2 is 1.67 bits per heavy atom. The maximum atomic E-state index is 13.4. The minimum atomic E-state index is 0.188. The van der Waals surface area contributed by atoms with E-state index in [-0.39, 0.29) is 5.56 Å². The Balaban J connectivity index is 1.40. The molecule has 30 heavy (non-hydrogen) atoms. The van der Waals surface area contributed by atoms with Crippen LogP contribution < -0.4 is 10.5 Å². The van der Waals surface area contributed by atoms with E-state index in [0.717, 1.165) is 42.5 Å². The molecule has 160 valence electrons. The van der Waals surface area contributed by atoms with Gasteiger partial charge in [0.25, 0.3) is 5.56 Å². The molecule has 3 aliphatic heterocycles. The second kappa shape index (κ2) is 7.86. The molecule has 2 saturated heterocycles. The zero-order valence-corrected chi connectivity index (χ0v) is 18.6. The molecule has 0 N–H and O–H groups in total. The molecule has 0 spiro atoms. The van der Waals surface area contributed by atoms with Crippen LogP contribution in [0.1, 0.15) is 30.9 Å². The molecule has 2 fully saturated rings. The van der Waals surface area contributed by atoms with E-state index in [0.29, 0.717) is 11.8 Å². The number of nitrogens with zero attached hydrogens (tertiary/aromatic N) is 4. The first-order valence-corrected chi connectivity index (χ1v) is 11.4. The van der Waals surface area contributed by atoms with Crippen molar-refractivity contribution >= 4 is 5.69 Å². The molecule has 0 unspecified atom stereocenters. The fourth-order valence-corrected chi connectivity index (χ4v) is 5.80. The van der Waals surface area contributed by atoms with Gasteiger partial charge in [-0.15, -0.1) is 0 Å². The van der Waals surface area contributed by atoms with Crippen molar-refractivity contribution < 1.29 is 0 Å². The smallest absolute Gasteiger partial charge is 0.258 e. The van der Waals surface area contributed by atoms with Crippen LogP contribution in [0.5, 0.6) is 0 Å². The number of benzene rings is 1. The molecule has 0 amide bonds. The summed E-state index contributed by atoms with van der Waals surface area (Å²) in [5.74, 6) is 1.09. The molecule has 5 rings (SSSR count). The summed E-state index contributed by atoms with van der Waals surface area (Å²) in [6.07, 6.45) is 3.80. The molecule has 3 aliphatic rings. The molecular formula is C25H34N4O. The fourth-order valence-electron chi connectivity index (χ4n) is 5.80. The number of piperidine rings is 2. The van der Waals surface area contributed by atoms with E-state index in [2.05, 4.69) is 62.7 Å². The summed E-state index contributed by atoms with van der Waals surface area (Å²) < 4.78 is 2.10. The van der Waals surface area contributed by atoms with Crippen LogP contribution in [0.25, 0.3) is 11.1 Å². The van der Waals surface area contributed by atoms with Crippen LogP contribution in [0.3, 0.4) is 0 Å². The van der Waals surface area contributed by atoms with Crippen LogP contribution in [0, 0.1) is 5.92 Å². The molecule has 2 aromatic rings. The lowest BCUT2D eigenvalue weighted by atomic mass is 9.81. The summed E-state index contributed by atoms with van der Waals surface area (Å²) >= 11 is 0. The number of fused-ring (bicyclic) bond motifs is 4. The lowest BCUT2D eigenvalue weighted by Crippen LogP contribution is -2.53. The van der Waals surface area contributed by atoms with Crippen molar-refractivity contribution in [1.29, 1.82) is 0 Å². The van der Waals surface area contributed by atoms with Crippen molar-refractivity contribution in [3.05, 3.63) is 52.4 Å². The Hall–Kier alpha value is -2.11. The zero-order chi connectivity index (χ0) is 20.8. The van der Waals surface area contributed by atoms with Gasteiger partial charge in [0.2, 0.25) is 0 Å². The number of hydrogen-bond donors (Lipinski definition) is 0. The second-order valence-electron chi connectivity index (χ2n) is 9.82. The van der Waals surface area contributed by atoms with Gasteiger partial charge in [0, 0.05) is 62.6 Å². The molecule has 0 radical (unpaired) electrons. The third-order valence-corrected chi connectivity index (χ3v) is 7.53. The van der Waals surface area contributed by atoms with Crippen molar-refractivity contribution in [2.75, 3.05) is 52.2 Å². The van der Waals surface area contributed by atoms with E-state index >= 15 is 0 Å². The molecule has 4 heterocycles. The summed E-state index contributed by atoms with van der Waals surface area (Å²) in [6.45, 7) is 5.56. The van der Waals surface area contributed by atoms with E-state index in [1.54, 1.807) is 0 Å². The Morgan fingerprint density at radius 1 is 0.933 bits per heavy atom. The average molecular weight is 407 g/mol. The van der Waals surface area contributed by atoms with Gasteiger partial charge in [-0.05, 0) is 75.1 Å². The van der Waals surface area contributed by atoms with E-state index in [4.69, 9.17) is 0 Å². The van der Waals surface area contributed by atoms with Gasteiger partial charge in [-0.3, -0.25) is 9.69 Å². The van der Waals surface area contributed by atoms with Crippen molar-refractivity contribution in [2.24, 2.45) is 5.92 Å². The first-order valence-electron chi connectivity index (χ1n) is 11.4. The zero-order valence-electron chi connectivity index (χ0n) is 18.6. The average Bonchev–Trinajstić information content (AvgIpc) is 2.75. The molecule has 5 nitrogen and oxygen atoms in total. The van der Waals surface area contributed by atoms with Gasteiger partial charge in [0.05, 0.1) is 0 Å². The Morgan fingerprint density at radius 3 is 2.37 bits per heavy atom. The van der Waals surface area contributed by atoms with Crippen molar-refractivity contribution in [2.45, 2.75) is 37.8 Å². The topological polar surface area (TPSA) is 31.7 Å². The maximum Gasteiger partial charge on any atom is 0.258 e. The maximum absolute atomic E-state index is 13.4. The first-order chi connectivity index (χ1) is 14.5. The van der Waals surface area contributed by atoms with Crippen molar-refractivity contribution in [3.8, 4) is 11.1 Å². The van der Waals surface area contributed by atoms with E-state index in [9.17, 15) is 4.79 Å². The number of pyridine rings is 1. The normalized spacial score (nSPS) is 25.2. The predicted octanol–water partition coefficient (Wildman–Crippen LogP) is 3.09. The minimum Gasteiger partial charge on any atom is -0.378 e. The van der Waals surface area contributed by atoms with Gasteiger partial charge in [-0.25, -0.2) is 0 Å². The molecular weight excluding hydrogens is 372 g/mol. The molecule has 2 atom stereocenters. The monoisotopic (exact) mass is 406 g/mol. The van der Waals surface area contributed by atoms with Crippen LogP contribution in [0.15, 0.2) is 41.2 Å². The Labute approximate surface area is 179 Å². The van der Waals surface area contributed by atoms with Crippen LogP contribution in [0.4, 0.5) is 5.69 Å². The quantitative estimate of drug-likeness (QED) is 0.784. The Kier molecular flexibility index (Phi) is 5.19. The highest BCUT2D eigenvalue weighted by Crippen LogP contribution is 2.37. The van der Waals surface area contributed by atoms with Gasteiger partial charge in [0.1, 0.15) is 0 Å². The Bertz CT molecular complexity index is 956. The number of rotatable bonds is 3. The summed E-state index contributed by atoms with van der Waals surface area (Å²) in [7, 11) is 6.31. The van der Waals surface area contributed by atoms with E-state index < -0.39 is 0 Å². The standard InChI is InChI=1S/C25H34N4O/c1-26(2)21-6-4-19(5-7-21)23-8-9-24-20-14-18(16-29(24)25(23)30)15-28(17-20)22-10-12-27(3)13-11-22/h4-9,18,20,22H,10-17H2,1-3H3/t18-,20+/m0/s1. The lowest BCUT2D eigenvalue weighted by Gasteiger charge is -2.47. The SMILES string of the molecule is CN1CCC(N2C[C@@H]3C[C@H](C2)c2ccc(-c4ccc(N(C)C)cc4)c(=O)n2C3)CC1. The van der Waals surface area contributed by atoms with Crippen LogP contribution >= 0.6 is 0 Å². The van der Waals surface area contributed by atoms with Gasteiger partial charge in [-0.2, -0.15) is 0 Å². The third-order valence-electron chi connectivity index (χ3n) is 7.53. The number of anilines is 1. The largest absolute Gasteiger partial charge is 0.378 e. The second-order valence-corrected chi connectivity index (χ2v) is 9.82. The van der Waals surface area contributed by atoms with E-state index in [1.165, 1.54) is 38.0 Å². The third kappa shape index (κ3) is 3.58. The molecule has 5 heteroatoms. The first kappa shape index (κ1) is 19.8. The summed E-state index contributed by atoms with van der Waals surface area (Å²) in [5, 5.41) is 0. The highest BCUT2D eigenvalue weighted by atomic mass is 16.1. The highest BCUT2D eigenvalue weighted by molar-refractivity contribution is 5.65. The van der Waals surface area contributed by atoms with Crippen LogP contribution in [-0.4, -0.2) is 67.7 Å². The predicted molar refractivity (Wildman–Crippen MR) is 123 cm³/mol. The molecule has 0 aliphatic carbocycles. The van der Waals surface area contributed by atoms with Gasteiger partial charge >= 0.3 is 0 Å². The van der Waals surface area contributed by atoms with Crippen molar-refractivity contribution in [1.82, 2.24) is 14.4 Å². The lowest BCUT2D eigenvalue weighted by molar-refractivity contribution is 0.0517. The van der Waals surface area contributed by atoms with Gasteiger partial charge < -0.3 is 14.4 Å². The number of hydrogen-bond acceptors (Lipinski definition) is 4. The summed E-state index contributed by atoms with van der Waals surface area (Å²) in [4.78, 5) is 20.7. The summed E-state index contributed by atoms with van der Waals surface area (Å²) in [5.41, 5.74) is 4.44. The molecule has 1 aromatic heterocycles. The number of aromatic nitrogens is 1. The van der Waals surface area contributed by atoms with Crippen molar-refractivity contribution in [3.63, 3.8) is 0 Å². The highest BCUT2D eigenvalue weighted by Gasteiger charge is 2.37.